The molecule has 1 aromatic rings. The molecule has 0 saturated heterocycles. The highest BCUT2D eigenvalue weighted by atomic mass is 16.5. The van der Waals surface area contributed by atoms with Gasteiger partial charge in [-0.05, 0) is 90.8 Å². The van der Waals surface area contributed by atoms with Gasteiger partial charge in [0, 0.05) is 23.8 Å². The van der Waals surface area contributed by atoms with Gasteiger partial charge in [0.2, 0.25) is 0 Å². The fourth-order valence-electron chi connectivity index (χ4n) is 11.1. The first-order valence-electron chi connectivity index (χ1n) is 14.4. The van der Waals surface area contributed by atoms with E-state index < -0.39 is 5.41 Å². The minimum Gasteiger partial charge on any atom is -0.469 e. The monoisotopic (exact) mass is 495 g/mol. The lowest BCUT2D eigenvalue weighted by atomic mass is 9.32. The molecule has 0 spiro atoms. The van der Waals surface area contributed by atoms with Crippen molar-refractivity contribution in [2.75, 3.05) is 7.11 Å². The summed E-state index contributed by atoms with van der Waals surface area (Å²) < 4.78 is 11.2. The largest absolute Gasteiger partial charge is 0.469 e. The Bertz CT molecular complexity index is 1110. The van der Waals surface area contributed by atoms with Crippen LogP contribution in [0.2, 0.25) is 0 Å². The molecule has 0 bridgehead atoms. The van der Waals surface area contributed by atoms with Crippen molar-refractivity contribution in [3.63, 3.8) is 0 Å². The number of Topliss-reactive ketones (excluding diaryl/α,β-unsaturated/α-hetero) is 1. The highest BCUT2D eigenvalue weighted by Crippen LogP contribution is 2.75. The Labute approximate surface area is 216 Å². The maximum absolute atomic E-state index is 14.5. The minimum atomic E-state index is -0.495. The second kappa shape index (κ2) is 7.47. The standard InChI is InChI=1S/C31H45NO4/c1-18-20-8-9-29(5)23(28(20,4)15-19-17-32-36-25(18)19)14-22(33)24-21-16-27(2,3)10-12-31(21,26(34)35-7)13-11-30(24,29)6/h17-18,20-21,23-24H,8-16H2,1-7H3/t18-,20-,21+,23+,24?,28-,29+,30+,31-/m0/s1. The number of hydrogen-bond acceptors (Lipinski definition) is 5. The molecule has 5 heteroatoms. The molecule has 4 saturated carbocycles. The molecule has 4 fully saturated rings. The summed E-state index contributed by atoms with van der Waals surface area (Å²) in [6, 6.07) is 0. The van der Waals surface area contributed by atoms with Gasteiger partial charge in [-0.2, -0.15) is 0 Å². The van der Waals surface area contributed by atoms with E-state index in [2.05, 4.69) is 46.7 Å². The van der Waals surface area contributed by atoms with Gasteiger partial charge in [-0.3, -0.25) is 9.59 Å². The molecule has 0 amide bonds. The molecular formula is C31H45NO4. The van der Waals surface area contributed by atoms with E-state index in [9.17, 15) is 9.59 Å². The maximum atomic E-state index is 14.5. The smallest absolute Gasteiger partial charge is 0.312 e. The van der Waals surface area contributed by atoms with Gasteiger partial charge in [0.25, 0.3) is 0 Å². The third kappa shape index (κ3) is 2.86. The van der Waals surface area contributed by atoms with Gasteiger partial charge < -0.3 is 9.26 Å². The predicted molar refractivity (Wildman–Crippen MR) is 137 cm³/mol. The van der Waals surface area contributed by atoms with E-state index in [1.165, 1.54) is 19.1 Å². The van der Waals surface area contributed by atoms with Crippen LogP contribution < -0.4 is 0 Å². The fourth-order valence-corrected chi connectivity index (χ4v) is 11.1. The Balaban J connectivity index is 1.44. The van der Waals surface area contributed by atoms with Crippen LogP contribution in [0.1, 0.15) is 110 Å². The van der Waals surface area contributed by atoms with Gasteiger partial charge in [-0.15, -0.1) is 0 Å². The van der Waals surface area contributed by atoms with E-state index in [-0.39, 0.29) is 39.5 Å². The van der Waals surface area contributed by atoms with Crippen LogP contribution in [-0.4, -0.2) is 24.0 Å². The van der Waals surface area contributed by atoms with Crippen LogP contribution in [0, 0.1) is 50.7 Å². The lowest BCUT2D eigenvalue weighted by Gasteiger charge is -2.71. The Morgan fingerprint density at radius 2 is 1.75 bits per heavy atom. The van der Waals surface area contributed by atoms with Crippen LogP contribution in [0.15, 0.2) is 10.7 Å². The summed E-state index contributed by atoms with van der Waals surface area (Å²) in [6.07, 6.45) is 10.4. The average Bonchev–Trinajstić information content (AvgIpc) is 3.28. The van der Waals surface area contributed by atoms with Crippen molar-refractivity contribution in [3.8, 4) is 0 Å². The normalized spacial score (nSPS) is 49.1. The maximum Gasteiger partial charge on any atom is 0.312 e. The highest BCUT2D eigenvalue weighted by Gasteiger charge is 2.72. The van der Waals surface area contributed by atoms with E-state index in [0.717, 1.165) is 50.7 Å². The Morgan fingerprint density at radius 3 is 2.47 bits per heavy atom. The molecule has 0 aromatic carbocycles. The second-order valence-electron chi connectivity index (χ2n) is 15.0. The number of fused-ring (bicyclic) bond motifs is 8. The number of rotatable bonds is 1. The second-order valence-corrected chi connectivity index (χ2v) is 15.0. The number of nitrogens with zero attached hydrogens (tertiary/aromatic N) is 1. The van der Waals surface area contributed by atoms with E-state index in [1.807, 2.05) is 6.20 Å². The van der Waals surface area contributed by atoms with Gasteiger partial charge in [-0.1, -0.05) is 46.7 Å². The molecule has 5 nitrogen and oxygen atoms in total. The topological polar surface area (TPSA) is 69.4 Å². The van der Waals surface area contributed by atoms with E-state index >= 15 is 0 Å². The molecule has 1 unspecified atom stereocenters. The van der Waals surface area contributed by atoms with E-state index in [4.69, 9.17) is 9.26 Å². The number of ketones is 1. The summed E-state index contributed by atoms with van der Waals surface area (Å²) in [5.74, 6) is 2.63. The molecule has 198 valence electrons. The quantitative estimate of drug-likeness (QED) is 0.403. The summed E-state index contributed by atoms with van der Waals surface area (Å²) in [5.41, 5.74) is 0.908. The van der Waals surface area contributed by atoms with Gasteiger partial charge in [0.1, 0.15) is 11.5 Å². The van der Waals surface area contributed by atoms with Crippen LogP contribution in [0.25, 0.3) is 0 Å². The number of ether oxygens (including phenoxy) is 1. The van der Waals surface area contributed by atoms with Gasteiger partial charge in [-0.25, -0.2) is 0 Å². The predicted octanol–water partition coefficient (Wildman–Crippen LogP) is 6.75. The summed E-state index contributed by atoms with van der Waals surface area (Å²) in [4.78, 5) is 27.9. The number of hydrogen-bond donors (Lipinski definition) is 0. The Morgan fingerprint density at radius 1 is 1.03 bits per heavy atom. The SMILES string of the molecule is COC(=O)[C@]12CCC(C)(C)C[C@@H]1C1C(=O)C[C@@H]3[C@@]4(C)Cc5cnoc5[C@@H](C)[C@@H]4CC[C@@]3(C)[C@]1(C)CC2. The summed E-state index contributed by atoms with van der Waals surface area (Å²) >= 11 is 0. The van der Waals surface area contributed by atoms with E-state index in [0.29, 0.717) is 30.0 Å². The molecule has 1 heterocycles. The number of carbonyl (C=O) groups excluding carboxylic acids is 2. The van der Waals surface area contributed by atoms with Crippen LogP contribution >= 0.6 is 0 Å². The fraction of sp³-hybridized carbons (Fsp3) is 0.839. The summed E-state index contributed by atoms with van der Waals surface area (Å²) in [6.45, 7) is 14.4. The third-order valence-corrected chi connectivity index (χ3v) is 13.2. The van der Waals surface area contributed by atoms with Gasteiger partial charge in [0.15, 0.2) is 0 Å². The molecule has 9 atom stereocenters. The lowest BCUT2D eigenvalue weighted by molar-refractivity contribution is -0.228. The first kappa shape index (κ1) is 24.7. The minimum absolute atomic E-state index is 0.0529. The van der Waals surface area contributed by atoms with Crippen molar-refractivity contribution in [1.29, 1.82) is 0 Å². The Kier molecular flexibility index (Phi) is 5.12. The average molecular weight is 496 g/mol. The molecule has 0 radical (unpaired) electrons. The first-order chi connectivity index (χ1) is 16.8. The van der Waals surface area contributed by atoms with Crippen LogP contribution in [0.3, 0.4) is 0 Å². The summed E-state index contributed by atoms with van der Waals surface area (Å²) in [7, 11) is 1.53. The van der Waals surface area contributed by atoms with Crippen molar-refractivity contribution in [3.05, 3.63) is 17.5 Å². The van der Waals surface area contributed by atoms with Crippen molar-refractivity contribution in [2.24, 2.45) is 50.7 Å². The molecule has 5 aliphatic rings. The Hall–Kier alpha value is -1.65. The van der Waals surface area contributed by atoms with Crippen molar-refractivity contribution in [1.82, 2.24) is 5.16 Å². The molecule has 36 heavy (non-hydrogen) atoms. The number of methoxy groups -OCH3 is 1. The zero-order valence-corrected chi connectivity index (χ0v) is 23.4. The van der Waals surface area contributed by atoms with Crippen LogP contribution in [0.4, 0.5) is 0 Å². The molecule has 5 aliphatic carbocycles. The van der Waals surface area contributed by atoms with E-state index in [1.54, 1.807) is 0 Å². The van der Waals surface area contributed by atoms with Gasteiger partial charge in [0.05, 0.1) is 18.7 Å². The zero-order valence-electron chi connectivity index (χ0n) is 23.4. The molecular weight excluding hydrogens is 450 g/mol. The molecule has 1 aromatic heterocycles. The van der Waals surface area contributed by atoms with Crippen molar-refractivity contribution >= 4 is 11.8 Å². The number of esters is 1. The number of aromatic nitrogens is 1. The van der Waals surface area contributed by atoms with Gasteiger partial charge >= 0.3 is 5.97 Å². The summed E-state index contributed by atoms with van der Waals surface area (Å²) in [5, 5.41) is 4.16. The lowest BCUT2D eigenvalue weighted by Crippen LogP contribution is -2.68. The van der Waals surface area contributed by atoms with Crippen molar-refractivity contribution < 1.29 is 18.8 Å². The van der Waals surface area contributed by atoms with Crippen LogP contribution in [0.5, 0.6) is 0 Å². The molecule has 0 aliphatic heterocycles. The highest BCUT2D eigenvalue weighted by molar-refractivity contribution is 5.86. The van der Waals surface area contributed by atoms with Crippen LogP contribution in [-0.2, 0) is 20.7 Å². The van der Waals surface area contributed by atoms with Crippen molar-refractivity contribution in [2.45, 2.75) is 105 Å². The number of carbonyl (C=O) groups is 2. The zero-order chi connectivity index (χ0) is 25.9. The third-order valence-electron chi connectivity index (χ3n) is 13.2. The molecule has 6 rings (SSSR count). The molecule has 0 N–H and O–H groups in total. The first-order valence-corrected chi connectivity index (χ1v) is 14.4.